The lowest BCUT2D eigenvalue weighted by atomic mass is 10.2. The van der Waals surface area contributed by atoms with Gasteiger partial charge in [-0.1, -0.05) is 0 Å². The Balaban J connectivity index is 1.37. The molecule has 0 atom stereocenters. The summed E-state index contributed by atoms with van der Waals surface area (Å²) in [6, 6.07) is 12.1. The van der Waals surface area contributed by atoms with Crippen LogP contribution in [0.3, 0.4) is 0 Å². The van der Waals surface area contributed by atoms with Gasteiger partial charge in [0, 0.05) is 18.2 Å². The largest absolute Gasteiger partial charge is 0.497 e. The molecule has 0 spiro atoms. The van der Waals surface area contributed by atoms with Crippen molar-refractivity contribution in [3.63, 3.8) is 0 Å². The Morgan fingerprint density at radius 2 is 1.72 bits per heavy atom. The van der Waals surface area contributed by atoms with Gasteiger partial charge in [-0.05, 0) is 36.4 Å². The van der Waals surface area contributed by atoms with Crippen molar-refractivity contribution >= 4 is 17.6 Å². The van der Waals surface area contributed by atoms with Gasteiger partial charge in [-0.15, -0.1) is 0 Å². The number of hydrogen-bond acceptors (Lipinski definition) is 7. The summed E-state index contributed by atoms with van der Waals surface area (Å²) < 4.78 is 26.6. The number of amides is 1. The van der Waals surface area contributed by atoms with Crippen LogP contribution in [-0.2, 0) is 14.3 Å². The van der Waals surface area contributed by atoms with Gasteiger partial charge in [-0.3, -0.25) is 9.59 Å². The topological polar surface area (TPSA) is 92.3 Å². The van der Waals surface area contributed by atoms with Crippen LogP contribution in [0.2, 0.25) is 0 Å². The molecule has 1 amide bonds. The van der Waals surface area contributed by atoms with E-state index in [1.165, 1.54) is 0 Å². The molecule has 1 aliphatic heterocycles. The van der Waals surface area contributed by atoms with Crippen molar-refractivity contribution in [1.82, 2.24) is 0 Å². The van der Waals surface area contributed by atoms with E-state index in [2.05, 4.69) is 5.32 Å². The van der Waals surface area contributed by atoms with E-state index < -0.39 is 11.9 Å². The second kappa shape index (κ2) is 10.2. The average Bonchev–Trinajstić information content (AvgIpc) is 2.98. The van der Waals surface area contributed by atoms with Crippen LogP contribution in [0.25, 0.3) is 0 Å². The summed E-state index contributed by atoms with van der Waals surface area (Å²) in [4.78, 5) is 23.8. The maximum atomic E-state index is 12.0. The number of rotatable bonds is 8. The summed E-state index contributed by atoms with van der Waals surface area (Å²) in [5.74, 6) is 1.59. The predicted octanol–water partition coefficient (Wildman–Crippen LogP) is 2.81. The third-order valence-electron chi connectivity index (χ3n) is 4.03. The molecule has 1 aliphatic rings. The normalized spacial score (nSPS) is 12.4. The van der Waals surface area contributed by atoms with Gasteiger partial charge >= 0.3 is 5.97 Å². The molecule has 1 heterocycles. The van der Waals surface area contributed by atoms with Crippen LogP contribution in [0, 0.1) is 0 Å². The summed E-state index contributed by atoms with van der Waals surface area (Å²) in [7, 11) is 1.58. The van der Waals surface area contributed by atoms with Gasteiger partial charge in [0.2, 0.25) is 0 Å². The van der Waals surface area contributed by atoms with E-state index in [9.17, 15) is 9.59 Å². The minimum atomic E-state index is -0.521. The minimum absolute atomic E-state index is 0.0311. The fraction of sp³-hybridized carbons (Fsp3) is 0.333. The van der Waals surface area contributed by atoms with Crippen LogP contribution in [0.1, 0.15) is 12.8 Å². The number of hydrogen-bond donors (Lipinski definition) is 1. The number of fused-ring (bicyclic) bond motifs is 1. The first-order chi connectivity index (χ1) is 14.1. The SMILES string of the molecule is COc1ccc(OCCC(=O)OCC(=O)Nc2ccc3c(c2)OCCCO3)cc1. The number of anilines is 1. The monoisotopic (exact) mass is 401 g/mol. The Kier molecular flexibility index (Phi) is 7.16. The van der Waals surface area contributed by atoms with E-state index in [4.69, 9.17) is 23.7 Å². The number of carbonyl (C=O) groups excluding carboxylic acids is 2. The van der Waals surface area contributed by atoms with Crippen LogP contribution in [0.4, 0.5) is 5.69 Å². The highest BCUT2D eigenvalue weighted by atomic mass is 16.5. The second-order valence-corrected chi connectivity index (χ2v) is 6.19. The number of methoxy groups -OCH3 is 1. The molecular formula is C21H23NO7. The lowest BCUT2D eigenvalue weighted by Crippen LogP contribution is -2.21. The van der Waals surface area contributed by atoms with Gasteiger partial charge in [0.15, 0.2) is 18.1 Å². The molecule has 0 aromatic heterocycles. The van der Waals surface area contributed by atoms with Crippen molar-refractivity contribution in [3.05, 3.63) is 42.5 Å². The predicted molar refractivity (Wildman–Crippen MR) is 105 cm³/mol. The number of esters is 1. The van der Waals surface area contributed by atoms with Crippen LogP contribution >= 0.6 is 0 Å². The maximum absolute atomic E-state index is 12.0. The highest BCUT2D eigenvalue weighted by Crippen LogP contribution is 2.32. The zero-order valence-corrected chi connectivity index (χ0v) is 16.1. The summed E-state index contributed by atoms with van der Waals surface area (Å²) in [6.07, 6.45) is 0.831. The molecule has 0 bridgehead atoms. The molecule has 3 rings (SSSR count). The summed E-state index contributed by atoms with van der Waals surface area (Å²) >= 11 is 0. The molecule has 0 saturated carbocycles. The first-order valence-corrected chi connectivity index (χ1v) is 9.26. The molecule has 2 aromatic rings. The smallest absolute Gasteiger partial charge is 0.309 e. The van der Waals surface area contributed by atoms with Gasteiger partial charge in [-0.25, -0.2) is 0 Å². The van der Waals surface area contributed by atoms with Gasteiger partial charge in [0.05, 0.1) is 33.4 Å². The van der Waals surface area contributed by atoms with Gasteiger partial charge in [-0.2, -0.15) is 0 Å². The van der Waals surface area contributed by atoms with Crippen molar-refractivity contribution in [2.24, 2.45) is 0 Å². The van der Waals surface area contributed by atoms with Gasteiger partial charge in [0.1, 0.15) is 11.5 Å². The standard InChI is InChI=1S/C21H23NO7/c1-25-16-4-6-17(7-5-16)26-12-9-21(24)29-14-20(23)22-15-3-8-18-19(13-15)28-11-2-10-27-18/h3-8,13H,2,9-12,14H2,1H3,(H,22,23). The third-order valence-corrected chi connectivity index (χ3v) is 4.03. The molecule has 0 fully saturated rings. The Labute approximate surface area is 168 Å². The number of nitrogens with one attached hydrogen (secondary N) is 1. The first-order valence-electron chi connectivity index (χ1n) is 9.26. The molecule has 0 radical (unpaired) electrons. The van der Waals surface area contributed by atoms with E-state index in [1.54, 1.807) is 49.6 Å². The Morgan fingerprint density at radius 1 is 1.00 bits per heavy atom. The zero-order valence-electron chi connectivity index (χ0n) is 16.1. The van der Waals surface area contributed by atoms with E-state index in [0.29, 0.717) is 36.1 Å². The minimum Gasteiger partial charge on any atom is -0.497 e. The Bertz CT molecular complexity index is 835. The number of carbonyl (C=O) groups is 2. The summed E-state index contributed by atoms with van der Waals surface area (Å²) in [5, 5.41) is 2.67. The van der Waals surface area contributed by atoms with Crippen molar-refractivity contribution in [1.29, 1.82) is 0 Å². The summed E-state index contributed by atoms with van der Waals surface area (Å²) in [5.41, 5.74) is 0.540. The lowest BCUT2D eigenvalue weighted by Gasteiger charge is -2.11. The number of benzene rings is 2. The van der Waals surface area contributed by atoms with Crippen LogP contribution in [0.5, 0.6) is 23.0 Å². The maximum Gasteiger partial charge on any atom is 0.309 e. The van der Waals surface area contributed by atoms with E-state index >= 15 is 0 Å². The Morgan fingerprint density at radius 3 is 2.48 bits per heavy atom. The van der Waals surface area contributed by atoms with E-state index in [-0.39, 0.29) is 19.6 Å². The molecule has 0 unspecified atom stereocenters. The van der Waals surface area contributed by atoms with E-state index in [0.717, 1.165) is 12.2 Å². The highest BCUT2D eigenvalue weighted by molar-refractivity contribution is 5.93. The van der Waals surface area contributed by atoms with Crippen LogP contribution in [0.15, 0.2) is 42.5 Å². The van der Waals surface area contributed by atoms with Crippen LogP contribution < -0.4 is 24.3 Å². The van der Waals surface area contributed by atoms with Gasteiger partial charge in [0.25, 0.3) is 5.91 Å². The molecule has 2 aromatic carbocycles. The fourth-order valence-corrected chi connectivity index (χ4v) is 2.58. The van der Waals surface area contributed by atoms with Crippen molar-refractivity contribution < 1.29 is 33.3 Å². The molecule has 0 saturated heterocycles. The first kappa shape index (κ1) is 20.3. The van der Waals surface area contributed by atoms with Crippen LogP contribution in [-0.4, -0.2) is 45.4 Å². The quantitative estimate of drug-likeness (QED) is 0.680. The molecular weight excluding hydrogens is 378 g/mol. The van der Waals surface area contributed by atoms with Crippen molar-refractivity contribution in [2.75, 3.05) is 38.9 Å². The zero-order chi connectivity index (χ0) is 20.5. The molecule has 29 heavy (non-hydrogen) atoms. The fourth-order valence-electron chi connectivity index (χ4n) is 2.58. The van der Waals surface area contributed by atoms with Crippen molar-refractivity contribution in [2.45, 2.75) is 12.8 Å². The van der Waals surface area contributed by atoms with E-state index in [1.807, 2.05) is 0 Å². The molecule has 8 nitrogen and oxygen atoms in total. The third kappa shape index (κ3) is 6.31. The highest BCUT2D eigenvalue weighted by Gasteiger charge is 2.13. The van der Waals surface area contributed by atoms with Crippen molar-refractivity contribution in [3.8, 4) is 23.0 Å². The summed E-state index contributed by atoms with van der Waals surface area (Å²) in [6.45, 7) is 0.919. The average molecular weight is 401 g/mol. The van der Waals surface area contributed by atoms with Gasteiger partial charge < -0.3 is 29.0 Å². The molecule has 1 N–H and O–H groups in total. The molecule has 0 aliphatic carbocycles. The molecule has 154 valence electrons. The second-order valence-electron chi connectivity index (χ2n) is 6.19. The molecule has 8 heteroatoms. The Hall–Kier alpha value is -3.42. The number of ether oxygens (including phenoxy) is 5. The lowest BCUT2D eigenvalue weighted by molar-refractivity contribution is -0.147.